The Hall–Kier alpha value is -2.37. The number of benzene rings is 2. The number of carbonyl (C=O) groups is 1. The van der Waals surface area contributed by atoms with E-state index in [4.69, 9.17) is 4.74 Å². The Morgan fingerprint density at radius 1 is 1.07 bits per heavy atom. The molecule has 1 N–H and O–H groups in total. The van der Waals surface area contributed by atoms with Crippen LogP contribution < -0.4 is 9.64 Å². The Morgan fingerprint density at radius 2 is 1.81 bits per heavy atom. The van der Waals surface area contributed by atoms with Gasteiger partial charge in [-0.3, -0.25) is 4.79 Å². The summed E-state index contributed by atoms with van der Waals surface area (Å²) in [5.41, 5.74) is 2.70. The van der Waals surface area contributed by atoms with E-state index in [-0.39, 0.29) is 11.9 Å². The van der Waals surface area contributed by atoms with Crippen LogP contribution in [0.25, 0.3) is 0 Å². The van der Waals surface area contributed by atoms with Crippen LogP contribution in [0.2, 0.25) is 0 Å². The van der Waals surface area contributed by atoms with Crippen LogP contribution in [0.3, 0.4) is 0 Å². The molecule has 2 aliphatic rings. The fourth-order valence-electron chi connectivity index (χ4n) is 3.88. The number of carbonyl (C=O) groups excluding carboxylic acids is 1. The highest BCUT2D eigenvalue weighted by molar-refractivity contribution is 5.96. The first-order chi connectivity index (χ1) is 13.1. The molecule has 2 heterocycles. The molecular formula is C22H26N2O3. The van der Waals surface area contributed by atoms with Crippen LogP contribution in [0.4, 0.5) is 11.4 Å². The molecule has 27 heavy (non-hydrogen) atoms. The molecule has 5 nitrogen and oxygen atoms in total. The normalized spacial score (nSPS) is 17.2. The lowest BCUT2D eigenvalue weighted by Gasteiger charge is -2.34. The maximum Gasteiger partial charge on any atom is 0.159 e. The fraction of sp³-hybridized carbons (Fsp3) is 0.409. The molecule has 0 aromatic heterocycles. The van der Waals surface area contributed by atoms with E-state index in [2.05, 4.69) is 15.9 Å². The van der Waals surface area contributed by atoms with Gasteiger partial charge >= 0.3 is 0 Å². The quantitative estimate of drug-likeness (QED) is 0.811. The molecule has 5 heteroatoms. The largest absolute Gasteiger partial charge is 0.453 e. The minimum absolute atomic E-state index is 0.0588. The second kappa shape index (κ2) is 7.71. The monoisotopic (exact) mass is 366 g/mol. The number of hydrogen-bond donors (Lipinski definition) is 1. The van der Waals surface area contributed by atoms with Crippen LogP contribution in [0, 0.1) is 0 Å². The predicted octanol–water partition coefficient (Wildman–Crippen LogP) is 3.98. The van der Waals surface area contributed by atoms with Crippen LogP contribution in [0.1, 0.15) is 36.5 Å². The minimum atomic E-state index is -0.135. The Morgan fingerprint density at radius 3 is 2.59 bits per heavy atom. The summed E-state index contributed by atoms with van der Waals surface area (Å²) >= 11 is 0. The number of fused-ring (bicyclic) bond motifs is 2. The molecule has 2 aromatic carbocycles. The van der Waals surface area contributed by atoms with Gasteiger partial charge in [0.25, 0.3) is 0 Å². The van der Waals surface area contributed by atoms with Crippen LogP contribution >= 0.6 is 0 Å². The molecule has 0 radical (unpaired) electrons. The molecule has 0 unspecified atom stereocenters. The van der Waals surface area contributed by atoms with Crippen molar-refractivity contribution in [2.75, 3.05) is 31.1 Å². The van der Waals surface area contributed by atoms with Gasteiger partial charge in [0.2, 0.25) is 0 Å². The Balaban J connectivity index is 1.53. The third-order valence-corrected chi connectivity index (χ3v) is 5.45. The highest BCUT2D eigenvalue weighted by Crippen LogP contribution is 2.46. The zero-order valence-corrected chi connectivity index (χ0v) is 15.7. The highest BCUT2D eigenvalue weighted by Gasteiger charge is 2.25. The average molecular weight is 366 g/mol. The van der Waals surface area contributed by atoms with E-state index < -0.39 is 0 Å². The Labute approximate surface area is 160 Å². The first-order valence-electron chi connectivity index (χ1n) is 9.71. The summed E-state index contributed by atoms with van der Waals surface area (Å²) in [5.74, 6) is 1.70. The summed E-state index contributed by atoms with van der Waals surface area (Å²) in [6, 6.07) is 13.7. The smallest absolute Gasteiger partial charge is 0.159 e. The predicted molar refractivity (Wildman–Crippen MR) is 106 cm³/mol. The van der Waals surface area contributed by atoms with Crippen molar-refractivity contribution in [1.29, 1.82) is 0 Å². The second-order valence-corrected chi connectivity index (χ2v) is 7.39. The summed E-state index contributed by atoms with van der Waals surface area (Å²) in [4.78, 5) is 16.5. The molecular weight excluding hydrogens is 340 g/mol. The number of ketones is 1. The third-order valence-electron chi connectivity index (χ3n) is 5.45. The number of ether oxygens (including phenoxy) is 1. The van der Waals surface area contributed by atoms with Gasteiger partial charge in [-0.25, -0.2) is 0 Å². The summed E-state index contributed by atoms with van der Waals surface area (Å²) in [6.07, 6.45) is 2.61. The van der Waals surface area contributed by atoms with Gasteiger partial charge in [-0.15, -0.1) is 0 Å². The fourth-order valence-corrected chi connectivity index (χ4v) is 3.88. The number of Topliss-reactive ketones (excluding diaryl/α,β-unsaturated/α-hetero) is 1. The van der Waals surface area contributed by atoms with Crippen LogP contribution in [0.15, 0.2) is 42.5 Å². The van der Waals surface area contributed by atoms with Gasteiger partial charge < -0.3 is 19.6 Å². The topological polar surface area (TPSA) is 53.0 Å². The number of aliphatic hydroxyl groups is 1. The van der Waals surface area contributed by atoms with E-state index in [1.165, 1.54) is 0 Å². The van der Waals surface area contributed by atoms with Crippen molar-refractivity contribution in [3.63, 3.8) is 0 Å². The molecule has 2 aromatic rings. The lowest BCUT2D eigenvalue weighted by molar-refractivity contribution is 0.0824. The van der Waals surface area contributed by atoms with Crippen molar-refractivity contribution >= 4 is 17.2 Å². The number of rotatable bonds is 5. The molecule has 0 bridgehead atoms. The molecule has 0 saturated carbocycles. The van der Waals surface area contributed by atoms with Gasteiger partial charge in [0.15, 0.2) is 17.3 Å². The van der Waals surface area contributed by atoms with Gasteiger partial charge in [0.05, 0.1) is 17.5 Å². The van der Waals surface area contributed by atoms with Crippen molar-refractivity contribution in [3.8, 4) is 11.5 Å². The van der Waals surface area contributed by atoms with Gasteiger partial charge in [-0.2, -0.15) is 0 Å². The van der Waals surface area contributed by atoms with Gasteiger partial charge in [0.1, 0.15) is 0 Å². The van der Waals surface area contributed by atoms with E-state index >= 15 is 0 Å². The number of para-hydroxylation sites is 2. The van der Waals surface area contributed by atoms with Crippen LogP contribution in [-0.2, 0) is 0 Å². The van der Waals surface area contributed by atoms with Crippen molar-refractivity contribution in [1.82, 2.24) is 4.90 Å². The maximum atomic E-state index is 11.8. The number of aliphatic hydroxyl groups excluding tert-OH is 1. The third kappa shape index (κ3) is 3.84. The molecule has 142 valence electrons. The summed E-state index contributed by atoms with van der Waals surface area (Å²) in [5, 5.41) is 9.67. The number of hydrogen-bond acceptors (Lipinski definition) is 5. The SMILES string of the molecule is CC(=O)c1ccc2c(c1)N(CCCN1CCC(O)CC1)c1ccccc1O2. The molecule has 0 aliphatic carbocycles. The molecule has 0 amide bonds. The maximum absolute atomic E-state index is 11.8. The standard InChI is InChI=1S/C22H26N2O3/c1-16(25)17-7-8-22-20(15-17)24(19-5-2-3-6-21(19)27-22)12-4-11-23-13-9-18(26)10-14-23/h2-3,5-8,15,18,26H,4,9-14H2,1H3. The summed E-state index contributed by atoms with van der Waals surface area (Å²) < 4.78 is 6.06. The number of anilines is 2. The molecule has 1 saturated heterocycles. The first kappa shape index (κ1) is 18.0. The zero-order valence-electron chi connectivity index (χ0n) is 15.7. The lowest BCUT2D eigenvalue weighted by atomic mass is 10.1. The van der Waals surface area contributed by atoms with E-state index in [9.17, 15) is 9.90 Å². The summed E-state index contributed by atoms with van der Waals surface area (Å²) in [7, 11) is 0. The highest BCUT2D eigenvalue weighted by atomic mass is 16.5. The van der Waals surface area contributed by atoms with Crippen molar-refractivity contribution < 1.29 is 14.6 Å². The number of likely N-dealkylation sites (tertiary alicyclic amines) is 1. The lowest BCUT2D eigenvalue weighted by Crippen LogP contribution is -2.37. The molecule has 4 rings (SSSR count). The molecule has 2 aliphatic heterocycles. The minimum Gasteiger partial charge on any atom is -0.453 e. The first-order valence-corrected chi connectivity index (χ1v) is 9.71. The van der Waals surface area contributed by atoms with E-state index in [1.807, 2.05) is 36.4 Å². The Bertz CT molecular complexity index is 828. The van der Waals surface area contributed by atoms with Crippen LogP contribution in [0.5, 0.6) is 11.5 Å². The van der Waals surface area contributed by atoms with Crippen molar-refractivity contribution in [2.45, 2.75) is 32.3 Å². The van der Waals surface area contributed by atoms with Gasteiger partial charge in [-0.05, 0) is 63.1 Å². The van der Waals surface area contributed by atoms with Gasteiger partial charge in [-0.1, -0.05) is 12.1 Å². The molecule has 0 spiro atoms. The van der Waals surface area contributed by atoms with E-state index in [0.29, 0.717) is 5.56 Å². The molecule has 0 atom stereocenters. The Kier molecular flexibility index (Phi) is 5.14. The zero-order chi connectivity index (χ0) is 18.8. The molecule has 1 fully saturated rings. The van der Waals surface area contributed by atoms with E-state index in [1.54, 1.807) is 6.92 Å². The van der Waals surface area contributed by atoms with Crippen LogP contribution in [-0.4, -0.2) is 48.1 Å². The van der Waals surface area contributed by atoms with Crippen molar-refractivity contribution in [2.24, 2.45) is 0 Å². The van der Waals surface area contributed by atoms with Gasteiger partial charge in [0, 0.05) is 25.2 Å². The summed E-state index contributed by atoms with van der Waals surface area (Å²) in [6.45, 7) is 5.38. The van der Waals surface area contributed by atoms with E-state index in [0.717, 1.165) is 68.3 Å². The number of piperidine rings is 1. The number of nitrogens with zero attached hydrogens (tertiary/aromatic N) is 2. The van der Waals surface area contributed by atoms with Crippen molar-refractivity contribution in [3.05, 3.63) is 48.0 Å². The second-order valence-electron chi connectivity index (χ2n) is 7.39. The average Bonchev–Trinajstić information content (AvgIpc) is 2.68.